The quantitative estimate of drug-likeness (QED) is 0.333. The molecule has 0 heterocycles. The molecular formula is CFeOS. The number of rotatable bonds is 0. The van der Waals surface area contributed by atoms with Gasteiger partial charge in [0.05, 0.1) is 0 Å². The van der Waals surface area contributed by atoms with Crippen molar-refractivity contribution < 1.29 is 21.9 Å². The molecule has 0 aliphatic rings. The molecule has 0 spiro atoms. The molecule has 0 atom stereocenters. The SMILES string of the molecule is O=C=S.[Fe]. The third kappa shape index (κ3) is 39.6. The van der Waals surface area contributed by atoms with Crippen molar-refractivity contribution in [1.29, 1.82) is 0 Å². The number of hydrogen-bond acceptors (Lipinski definition) is 2. The maximum absolute atomic E-state index is 8.50. The topological polar surface area (TPSA) is 17.1 Å². The molecule has 0 saturated heterocycles. The molecule has 1 nitrogen and oxygen atoms in total. The molecule has 3 heteroatoms. The Kier molecular flexibility index (Phi) is 22.7. The van der Waals surface area contributed by atoms with E-state index in [-0.39, 0.29) is 17.1 Å². The van der Waals surface area contributed by atoms with E-state index in [1.54, 1.807) is 0 Å². The first-order chi connectivity index (χ1) is 1.41. The summed E-state index contributed by atoms with van der Waals surface area (Å²) < 4.78 is 0. The van der Waals surface area contributed by atoms with Gasteiger partial charge in [-0.1, -0.05) is 0 Å². The Morgan fingerprint density at radius 1 is 1.75 bits per heavy atom. The van der Waals surface area contributed by atoms with Crippen molar-refractivity contribution in [2.75, 3.05) is 0 Å². The van der Waals surface area contributed by atoms with Gasteiger partial charge in [-0.25, -0.2) is 4.79 Å². The summed E-state index contributed by atoms with van der Waals surface area (Å²) >= 11 is 3.59. The molecule has 0 rings (SSSR count). The van der Waals surface area contributed by atoms with E-state index in [4.69, 9.17) is 4.79 Å². The van der Waals surface area contributed by atoms with Crippen LogP contribution >= 0.6 is 12.2 Å². The minimum absolute atomic E-state index is 0. The van der Waals surface area contributed by atoms with E-state index in [0.717, 1.165) is 5.23 Å². The number of carbonyl (C=O) groups excluding carboxylic acids is 1. The fourth-order valence-electron chi connectivity index (χ4n) is 0. The van der Waals surface area contributed by atoms with Crippen LogP contribution < -0.4 is 0 Å². The van der Waals surface area contributed by atoms with Gasteiger partial charge in [0.25, 0.3) is 0 Å². The zero-order chi connectivity index (χ0) is 2.71. The number of thiocarbonyl (C=S) groups is 1. The van der Waals surface area contributed by atoms with Gasteiger partial charge in [-0.05, 0) is 0 Å². The Balaban J connectivity index is 0. The van der Waals surface area contributed by atoms with Crippen molar-refractivity contribution in [2.24, 2.45) is 0 Å². The van der Waals surface area contributed by atoms with Crippen LogP contribution in [0.1, 0.15) is 0 Å². The predicted octanol–water partition coefficient (Wildman–Crippen LogP) is 0.249. The standard InChI is InChI=1S/COS.Fe/c2-1-3;. The van der Waals surface area contributed by atoms with Gasteiger partial charge in [-0.3, -0.25) is 0 Å². The van der Waals surface area contributed by atoms with Gasteiger partial charge in [0.1, 0.15) is 0 Å². The van der Waals surface area contributed by atoms with E-state index < -0.39 is 0 Å². The van der Waals surface area contributed by atoms with E-state index >= 15 is 0 Å². The Morgan fingerprint density at radius 2 is 1.75 bits per heavy atom. The molecule has 0 bridgehead atoms. The summed E-state index contributed by atoms with van der Waals surface area (Å²) in [6, 6.07) is 0. The largest absolute Gasteiger partial charge is 0.220 e. The first-order valence-electron chi connectivity index (χ1n) is 0.408. The van der Waals surface area contributed by atoms with Crippen molar-refractivity contribution in [3.63, 3.8) is 0 Å². The van der Waals surface area contributed by atoms with Gasteiger partial charge in [-0.15, -0.1) is 0 Å². The van der Waals surface area contributed by atoms with Gasteiger partial charge in [0, 0.05) is 29.3 Å². The summed E-state index contributed by atoms with van der Waals surface area (Å²) in [5, 5.41) is 1.08. The molecule has 0 aromatic carbocycles. The van der Waals surface area contributed by atoms with Crippen molar-refractivity contribution in [3.05, 3.63) is 0 Å². The van der Waals surface area contributed by atoms with Crippen molar-refractivity contribution in [2.45, 2.75) is 0 Å². The summed E-state index contributed by atoms with van der Waals surface area (Å²) in [4.78, 5) is 8.50. The second kappa shape index (κ2) is 10.3. The molecule has 0 fully saturated rings. The molecule has 0 aliphatic carbocycles. The van der Waals surface area contributed by atoms with E-state index in [9.17, 15) is 0 Å². The first kappa shape index (κ1) is 8.85. The third-order valence-electron chi connectivity index (χ3n) is 0. The molecule has 0 radical (unpaired) electrons. The smallest absolute Gasteiger partial charge is 0.202 e. The molecule has 4 heavy (non-hydrogen) atoms. The van der Waals surface area contributed by atoms with Crippen LogP contribution in [0.4, 0.5) is 0 Å². The molecule has 0 aromatic rings. The van der Waals surface area contributed by atoms with E-state index in [0.29, 0.717) is 0 Å². The minimum atomic E-state index is 0. The molecule has 24 valence electrons. The Hall–Kier alpha value is 0.319. The Morgan fingerprint density at radius 3 is 1.75 bits per heavy atom. The second-order valence-electron chi connectivity index (χ2n) is 0.0833. The van der Waals surface area contributed by atoms with Gasteiger partial charge in [0.2, 0.25) is 5.23 Å². The average molecular weight is 116 g/mol. The van der Waals surface area contributed by atoms with Gasteiger partial charge in [-0.2, -0.15) is 0 Å². The van der Waals surface area contributed by atoms with Crippen molar-refractivity contribution in [1.82, 2.24) is 0 Å². The van der Waals surface area contributed by atoms with E-state index in [1.807, 2.05) is 0 Å². The van der Waals surface area contributed by atoms with Crippen LogP contribution in [0.2, 0.25) is 0 Å². The van der Waals surface area contributed by atoms with Crippen LogP contribution in [-0.2, 0) is 21.9 Å². The molecule has 0 amide bonds. The molecular weight excluding hydrogens is 116 g/mol. The Bertz CT molecular complexity index is 29.0. The fourth-order valence-corrected chi connectivity index (χ4v) is 0. The molecule has 0 N–H and O–H groups in total. The van der Waals surface area contributed by atoms with Crippen LogP contribution in [0.15, 0.2) is 0 Å². The summed E-state index contributed by atoms with van der Waals surface area (Å²) in [6.07, 6.45) is 0. The Labute approximate surface area is 39.9 Å². The van der Waals surface area contributed by atoms with E-state index in [1.165, 1.54) is 0 Å². The van der Waals surface area contributed by atoms with Crippen LogP contribution in [0.3, 0.4) is 0 Å². The van der Waals surface area contributed by atoms with Crippen LogP contribution in [0.5, 0.6) is 0 Å². The second-order valence-corrected chi connectivity index (χ2v) is 0.250. The summed E-state index contributed by atoms with van der Waals surface area (Å²) in [6.45, 7) is 0. The summed E-state index contributed by atoms with van der Waals surface area (Å²) in [5.41, 5.74) is 0. The molecule has 0 aliphatic heterocycles. The number of hydrogen-bond donors (Lipinski definition) is 0. The zero-order valence-corrected chi connectivity index (χ0v) is 3.59. The van der Waals surface area contributed by atoms with E-state index in [2.05, 4.69) is 12.2 Å². The third-order valence-corrected chi connectivity index (χ3v) is 0. The maximum Gasteiger partial charge on any atom is 0.202 e. The summed E-state index contributed by atoms with van der Waals surface area (Å²) in [5.74, 6) is 0. The first-order valence-corrected chi connectivity index (χ1v) is 0.816. The van der Waals surface area contributed by atoms with Crippen LogP contribution in [-0.4, -0.2) is 5.23 Å². The maximum atomic E-state index is 8.50. The van der Waals surface area contributed by atoms with Crippen molar-refractivity contribution >= 4 is 17.5 Å². The minimum Gasteiger partial charge on any atom is -0.220 e. The van der Waals surface area contributed by atoms with Crippen LogP contribution in [0.25, 0.3) is 0 Å². The molecule has 0 saturated carbocycles. The van der Waals surface area contributed by atoms with Gasteiger partial charge in [0.15, 0.2) is 0 Å². The summed E-state index contributed by atoms with van der Waals surface area (Å²) in [7, 11) is 0. The average Bonchev–Trinajstić information content (AvgIpc) is 0.918. The molecule has 0 unspecified atom stereocenters. The van der Waals surface area contributed by atoms with Crippen LogP contribution in [0, 0.1) is 0 Å². The predicted molar refractivity (Wildman–Crippen MR) is 13.3 cm³/mol. The van der Waals surface area contributed by atoms with Gasteiger partial charge >= 0.3 is 0 Å². The normalized spacial score (nSPS) is 2.00. The fraction of sp³-hybridized carbons (Fsp3) is 0. The van der Waals surface area contributed by atoms with Crippen molar-refractivity contribution in [3.8, 4) is 0 Å². The van der Waals surface area contributed by atoms with Gasteiger partial charge < -0.3 is 0 Å². The zero-order valence-electron chi connectivity index (χ0n) is 1.67. The monoisotopic (exact) mass is 116 g/mol. The molecule has 0 aromatic heterocycles.